The number of nitrogens with two attached hydrogens (primary N) is 2. The van der Waals surface area contributed by atoms with Crippen molar-refractivity contribution in [3.63, 3.8) is 0 Å². The first kappa shape index (κ1) is 23.3. The first-order valence-electron chi connectivity index (χ1n) is 10.1. The van der Waals surface area contributed by atoms with E-state index in [0.717, 1.165) is 12.8 Å². The Bertz CT molecular complexity index is 837. The summed E-state index contributed by atoms with van der Waals surface area (Å²) in [6, 6.07) is 5.45. The van der Waals surface area contributed by atoms with Crippen LogP contribution in [0, 0.1) is 5.41 Å². The number of aromatic hydroxyl groups is 1. The lowest BCUT2D eigenvalue weighted by molar-refractivity contribution is 0.0981. The van der Waals surface area contributed by atoms with Gasteiger partial charge in [-0.1, -0.05) is 0 Å². The molecule has 1 fully saturated rings. The number of anilines is 1. The molecule has 0 saturated carbocycles. The third-order valence-corrected chi connectivity index (χ3v) is 5.31. The average Bonchev–Trinajstić information content (AvgIpc) is 2.63. The Morgan fingerprint density at radius 1 is 1.20 bits per heavy atom. The molecule has 0 aliphatic carbocycles. The molecule has 1 aromatic carbocycles. The smallest absolute Gasteiger partial charge is 0.126 e. The molecule has 1 aromatic rings. The predicted molar refractivity (Wildman–Crippen MR) is 126 cm³/mol. The SMILES string of the molecule is CN(/C(N)=C/C=C(\N)c1ccc(N/C=C\C=N)cc1O)C1CC(C)(C)NC(C)(C)C1. The van der Waals surface area contributed by atoms with Crippen molar-refractivity contribution >= 4 is 17.6 Å². The molecule has 0 amide bonds. The van der Waals surface area contributed by atoms with E-state index in [1.54, 1.807) is 36.6 Å². The molecule has 0 atom stereocenters. The summed E-state index contributed by atoms with van der Waals surface area (Å²) in [6.45, 7) is 8.87. The Morgan fingerprint density at radius 2 is 1.83 bits per heavy atom. The van der Waals surface area contributed by atoms with Crippen LogP contribution in [0.25, 0.3) is 5.70 Å². The van der Waals surface area contributed by atoms with E-state index < -0.39 is 0 Å². The van der Waals surface area contributed by atoms with Gasteiger partial charge in [-0.2, -0.15) is 0 Å². The number of nitrogens with one attached hydrogen (secondary N) is 3. The lowest BCUT2D eigenvalue weighted by Gasteiger charge is -2.49. The fourth-order valence-electron chi connectivity index (χ4n) is 4.19. The lowest BCUT2D eigenvalue weighted by atomic mass is 9.79. The highest BCUT2D eigenvalue weighted by molar-refractivity contribution is 5.72. The number of phenolic OH excluding ortho intramolecular Hbond substituents is 1. The highest BCUT2D eigenvalue weighted by Gasteiger charge is 2.39. The minimum Gasteiger partial charge on any atom is -0.507 e. The van der Waals surface area contributed by atoms with Crippen molar-refractivity contribution < 1.29 is 5.11 Å². The third-order valence-electron chi connectivity index (χ3n) is 5.31. The lowest BCUT2D eigenvalue weighted by Crippen LogP contribution is -2.61. The fraction of sp³-hybridized carbons (Fsp3) is 0.435. The van der Waals surface area contributed by atoms with Gasteiger partial charge in [0.15, 0.2) is 0 Å². The summed E-state index contributed by atoms with van der Waals surface area (Å²) < 4.78 is 0. The quantitative estimate of drug-likeness (QED) is 0.302. The van der Waals surface area contributed by atoms with Gasteiger partial charge in [0.2, 0.25) is 0 Å². The number of hydrogen-bond donors (Lipinski definition) is 6. The van der Waals surface area contributed by atoms with E-state index in [-0.39, 0.29) is 16.8 Å². The molecule has 7 nitrogen and oxygen atoms in total. The van der Waals surface area contributed by atoms with Gasteiger partial charge in [-0.15, -0.1) is 0 Å². The van der Waals surface area contributed by atoms with Gasteiger partial charge >= 0.3 is 0 Å². The Morgan fingerprint density at radius 3 is 2.40 bits per heavy atom. The average molecular weight is 413 g/mol. The van der Waals surface area contributed by atoms with Crippen LogP contribution in [-0.2, 0) is 0 Å². The molecule has 8 N–H and O–H groups in total. The van der Waals surface area contributed by atoms with Crippen molar-refractivity contribution in [3.8, 4) is 5.75 Å². The van der Waals surface area contributed by atoms with Gasteiger partial charge in [0.1, 0.15) is 5.75 Å². The van der Waals surface area contributed by atoms with Gasteiger partial charge in [0.05, 0.1) is 5.82 Å². The summed E-state index contributed by atoms with van der Waals surface area (Å²) in [5.74, 6) is 0.699. The molecule has 30 heavy (non-hydrogen) atoms. The summed E-state index contributed by atoms with van der Waals surface area (Å²) in [5.41, 5.74) is 14.3. The molecule has 1 aliphatic heterocycles. The molecule has 0 spiro atoms. The minimum absolute atomic E-state index is 0.0330. The van der Waals surface area contributed by atoms with Crippen LogP contribution >= 0.6 is 0 Å². The Hall–Kier alpha value is -2.93. The van der Waals surface area contributed by atoms with E-state index in [4.69, 9.17) is 16.9 Å². The second kappa shape index (κ2) is 9.26. The zero-order valence-corrected chi connectivity index (χ0v) is 18.7. The first-order valence-corrected chi connectivity index (χ1v) is 10.1. The van der Waals surface area contributed by atoms with Crippen LogP contribution in [0.1, 0.15) is 46.1 Å². The predicted octanol–water partition coefficient (Wildman–Crippen LogP) is 3.31. The maximum absolute atomic E-state index is 10.3. The second-order valence-corrected chi connectivity index (χ2v) is 9.18. The van der Waals surface area contributed by atoms with Crippen LogP contribution in [0.3, 0.4) is 0 Å². The van der Waals surface area contributed by atoms with Crippen LogP contribution in [0.5, 0.6) is 5.75 Å². The monoisotopic (exact) mass is 412 g/mol. The molecule has 164 valence electrons. The van der Waals surface area contributed by atoms with Gasteiger partial charge in [-0.05, 0) is 70.9 Å². The normalized spacial score (nSPS) is 19.6. The molecule has 0 bridgehead atoms. The van der Waals surface area contributed by atoms with E-state index in [1.165, 1.54) is 6.21 Å². The fourth-order valence-corrected chi connectivity index (χ4v) is 4.19. The molecule has 1 heterocycles. The molecule has 2 rings (SSSR count). The number of hydrogen-bond acceptors (Lipinski definition) is 7. The van der Waals surface area contributed by atoms with Crippen LogP contribution in [0.2, 0.25) is 0 Å². The van der Waals surface area contributed by atoms with Crippen molar-refractivity contribution in [3.05, 3.63) is 54.0 Å². The summed E-state index contributed by atoms with van der Waals surface area (Å²) in [4.78, 5) is 2.11. The van der Waals surface area contributed by atoms with E-state index in [1.807, 2.05) is 13.1 Å². The molecule has 0 aromatic heterocycles. The molecule has 1 saturated heterocycles. The van der Waals surface area contributed by atoms with Gasteiger partial charge in [0.25, 0.3) is 0 Å². The molecular formula is C23H36N6O. The molecule has 0 unspecified atom stereocenters. The number of nitrogens with zero attached hydrogens (tertiary/aromatic N) is 1. The largest absolute Gasteiger partial charge is 0.507 e. The van der Waals surface area contributed by atoms with Gasteiger partial charge in [0, 0.05) is 59.6 Å². The molecule has 1 aliphatic rings. The number of allylic oxidation sites excluding steroid dienone is 3. The van der Waals surface area contributed by atoms with Crippen molar-refractivity contribution in [2.75, 3.05) is 12.4 Å². The van der Waals surface area contributed by atoms with E-state index >= 15 is 0 Å². The van der Waals surface area contributed by atoms with Crippen LogP contribution in [0.15, 0.2) is 48.4 Å². The summed E-state index contributed by atoms with van der Waals surface area (Å²) in [6.07, 6.45) is 9.82. The summed E-state index contributed by atoms with van der Waals surface area (Å²) in [7, 11) is 2.01. The molecular weight excluding hydrogens is 376 g/mol. The van der Waals surface area contributed by atoms with Crippen LogP contribution in [0.4, 0.5) is 5.69 Å². The van der Waals surface area contributed by atoms with Crippen molar-refractivity contribution in [1.29, 1.82) is 5.41 Å². The Labute approximate surface area is 180 Å². The standard InChI is InChI=1S/C23H36N6O/c1-22(2)14-17(15-23(3,4)28-22)29(5)21(26)10-9-19(25)18-8-7-16(13-20(18)30)27-12-6-11-24/h6-13,17,24,27-28,30H,14-15,25-26H2,1-5H3/b12-6-,19-9-,21-10+,24-11?. The highest BCUT2D eigenvalue weighted by atomic mass is 16.3. The molecule has 0 radical (unpaired) electrons. The maximum atomic E-state index is 10.3. The number of benzene rings is 1. The molecule has 7 heteroatoms. The number of phenols is 1. The highest BCUT2D eigenvalue weighted by Crippen LogP contribution is 2.32. The summed E-state index contributed by atoms with van der Waals surface area (Å²) in [5, 5.41) is 23.9. The topological polar surface area (TPSA) is 123 Å². The minimum atomic E-state index is 0.0330. The van der Waals surface area contributed by atoms with Gasteiger partial charge in [-0.25, -0.2) is 0 Å². The van der Waals surface area contributed by atoms with Crippen molar-refractivity contribution in [2.24, 2.45) is 11.5 Å². The van der Waals surface area contributed by atoms with Gasteiger partial charge in [-0.3, -0.25) is 0 Å². The zero-order valence-electron chi connectivity index (χ0n) is 18.7. The second-order valence-electron chi connectivity index (χ2n) is 9.18. The van der Waals surface area contributed by atoms with Gasteiger partial charge < -0.3 is 37.5 Å². The van der Waals surface area contributed by atoms with E-state index in [2.05, 4.69) is 43.2 Å². The van der Waals surface area contributed by atoms with Crippen LogP contribution in [-0.4, -0.2) is 40.4 Å². The number of rotatable bonds is 7. The Kier molecular flexibility index (Phi) is 7.21. The van der Waals surface area contributed by atoms with Crippen molar-refractivity contribution in [2.45, 2.75) is 57.7 Å². The third kappa shape index (κ3) is 6.29. The zero-order chi connectivity index (χ0) is 22.5. The van der Waals surface area contributed by atoms with E-state index in [0.29, 0.717) is 28.8 Å². The maximum Gasteiger partial charge on any atom is 0.126 e. The Balaban J connectivity index is 2.14. The number of piperidine rings is 1. The van der Waals surface area contributed by atoms with E-state index in [9.17, 15) is 5.11 Å². The van der Waals surface area contributed by atoms with Crippen LogP contribution < -0.4 is 22.1 Å². The first-order chi connectivity index (χ1) is 13.9. The van der Waals surface area contributed by atoms with Crippen molar-refractivity contribution in [1.82, 2.24) is 10.2 Å². The summed E-state index contributed by atoms with van der Waals surface area (Å²) >= 11 is 0.